The van der Waals surface area contributed by atoms with E-state index in [2.05, 4.69) is 98.8 Å². The third-order valence-corrected chi connectivity index (χ3v) is 17.9. The van der Waals surface area contributed by atoms with Gasteiger partial charge in [0.2, 0.25) is 0 Å². The van der Waals surface area contributed by atoms with Gasteiger partial charge in [-0.25, -0.2) is 9.59 Å². The topological polar surface area (TPSA) is 98.8 Å². The summed E-state index contributed by atoms with van der Waals surface area (Å²) in [5, 5.41) is 2.17. The summed E-state index contributed by atoms with van der Waals surface area (Å²) >= 11 is 0. The lowest BCUT2D eigenvalue weighted by Crippen LogP contribution is -2.55. The standard InChI is InChI=1S/C49H64O9Si/c1-11-32(4)41-43(44(55-46(51)38-23-16-13-17-24-38)48(56-41)58-59(9,10)49(7,8)31(2)3)57-47-34(6)42(52-29-35-26-27-36-20-18-19-25-39(36)28-35)33(5)40(54-47)30-53-45(50)37-21-14-12-15-22-37/h12-28,31-34,40-44,47-48H,11,29-30H2,1-10H3/t32-,33?,34?,40?,41?,42?,43?,44?,47?,48?/m1/s1. The second kappa shape index (κ2) is 19.2. The van der Waals surface area contributed by atoms with Gasteiger partial charge < -0.3 is 32.8 Å². The van der Waals surface area contributed by atoms with Crippen molar-refractivity contribution >= 4 is 31.0 Å². The molecular weight excluding hydrogens is 761 g/mol. The maximum Gasteiger partial charge on any atom is 0.338 e. The molecule has 2 aliphatic heterocycles. The van der Waals surface area contributed by atoms with Crippen LogP contribution in [0.25, 0.3) is 10.8 Å². The quantitative estimate of drug-likeness (QED) is 0.0808. The molecule has 59 heavy (non-hydrogen) atoms. The van der Waals surface area contributed by atoms with E-state index in [1.165, 1.54) is 0 Å². The minimum absolute atomic E-state index is 0.00447. The van der Waals surface area contributed by atoms with Crippen molar-refractivity contribution in [2.75, 3.05) is 6.61 Å². The predicted molar refractivity (Wildman–Crippen MR) is 232 cm³/mol. The Balaban J connectivity index is 1.32. The van der Waals surface area contributed by atoms with E-state index in [1.807, 2.05) is 36.4 Å². The summed E-state index contributed by atoms with van der Waals surface area (Å²) in [6.45, 7) is 22.0. The van der Waals surface area contributed by atoms with Crippen LogP contribution in [0.1, 0.15) is 88.1 Å². The summed E-state index contributed by atoms with van der Waals surface area (Å²) in [7, 11) is -2.51. The Morgan fingerprint density at radius 3 is 1.97 bits per heavy atom. The van der Waals surface area contributed by atoms with Crippen LogP contribution in [0.4, 0.5) is 0 Å². The van der Waals surface area contributed by atoms with E-state index in [1.54, 1.807) is 36.4 Å². The lowest BCUT2D eigenvalue weighted by molar-refractivity contribution is -0.297. The Kier molecular flexibility index (Phi) is 14.5. The molecule has 2 heterocycles. The van der Waals surface area contributed by atoms with Gasteiger partial charge in [0.05, 0.1) is 36.0 Å². The van der Waals surface area contributed by atoms with E-state index in [-0.39, 0.29) is 35.5 Å². The Morgan fingerprint density at radius 2 is 1.34 bits per heavy atom. The first-order valence-corrected chi connectivity index (χ1v) is 24.2. The molecule has 4 aromatic rings. The van der Waals surface area contributed by atoms with Crippen molar-refractivity contribution in [2.24, 2.45) is 23.7 Å². The number of carbonyl (C=O) groups excluding carboxylic acids is 2. The fourth-order valence-corrected chi connectivity index (χ4v) is 10.5. The van der Waals surface area contributed by atoms with E-state index >= 15 is 0 Å². The minimum Gasteiger partial charge on any atom is -0.459 e. The van der Waals surface area contributed by atoms with Gasteiger partial charge in [-0.05, 0) is 76.6 Å². The molecule has 0 bridgehead atoms. The third kappa shape index (κ3) is 10.2. The van der Waals surface area contributed by atoms with E-state index in [4.69, 9.17) is 32.8 Å². The molecule has 10 heteroatoms. The van der Waals surface area contributed by atoms with Crippen LogP contribution in [0.15, 0.2) is 103 Å². The molecule has 2 aliphatic rings. The predicted octanol–water partition coefficient (Wildman–Crippen LogP) is 10.6. The molecule has 6 rings (SSSR count). The van der Waals surface area contributed by atoms with Crippen LogP contribution >= 0.6 is 0 Å². The normalized spacial score (nSPS) is 26.8. The van der Waals surface area contributed by atoms with Gasteiger partial charge in [0.15, 0.2) is 27.0 Å². The van der Waals surface area contributed by atoms with Gasteiger partial charge in [0.25, 0.3) is 0 Å². The maximum absolute atomic E-state index is 13.9. The zero-order valence-corrected chi connectivity index (χ0v) is 37.5. The van der Waals surface area contributed by atoms with Crippen LogP contribution in [0.5, 0.6) is 0 Å². The fourth-order valence-electron chi connectivity index (χ4n) is 8.02. The Morgan fingerprint density at radius 1 is 0.729 bits per heavy atom. The Labute approximate surface area is 352 Å². The van der Waals surface area contributed by atoms with Crippen LogP contribution in [0.2, 0.25) is 18.1 Å². The lowest BCUT2D eigenvalue weighted by atomic mass is 9.85. The summed E-state index contributed by atoms with van der Waals surface area (Å²) in [6.07, 6.45) is -3.95. The van der Waals surface area contributed by atoms with Crippen molar-refractivity contribution in [3.63, 3.8) is 0 Å². The van der Waals surface area contributed by atoms with Gasteiger partial charge in [-0.1, -0.05) is 135 Å². The molecule has 2 saturated heterocycles. The van der Waals surface area contributed by atoms with E-state index in [0.29, 0.717) is 23.7 Å². The summed E-state index contributed by atoms with van der Waals surface area (Å²) in [4.78, 5) is 27.1. The molecule has 2 fully saturated rings. The molecule has 318 valence electrons. The van der Waals surface area contributed by atoms with Gasteiger partial charge in [-0.15, -0.1) is 0 Å². The SMILES string of the molecule is CC[C@@H](C)C1OC(O[Si](C)(C)C(C)(C)C(C)C)C(OC(=O)c2ccccc2)C1OC1OC(COC(=O)c2ccccc2)C(C)C(OCc2ccc3ccccc3c2)C1C. The second-order valence-corrected chi connectivity index (χ2v) is 22.4. The highest BCUT2D eigenvalue weighted by atomic mass is 28.4. The van der Waals surface area contributed by atoms with Crippen molar-refractivity contribution in [3.8, 4) is 0 Å². The molecule has 4 aromatic carbocycles. The second-order valence-electron chi connectivity index (χ2n) is 17.9. The van der Waals surface area contributed by atoms with Crippen molar-refractivity contribution in [1.82, 2.24) is 0 Å². The molecule has 0 saturated carbocycles. The highest BCUT2D eigenvalue weighted by molar-refractivity contribution is 6.74. The van der Waals surface area contributed by atoms with Gasteiger partial charge in [0.1, 0.15) is 12.7 Å². The zero-order valence-electron chi connectivity index (χ0n) is 36.5. The molecule has 9 nitrogen and oxygen atoms in total. The third-order valence-electron chi connectivity index (χ3n) is 13.4. The number of ether oxygens (including phenoxy) is 6. The summed E-state index contributed by atoms with van der Waals surface area (Å²) < 4.78 is 47.0. The van der Waals surface area contributed by atoms with Gasteiger partial charge in [-0.2, -0.15) is 0 Å². The van der Waals surface area contributed by atoms with Crippen LogP contribution in [0.3, 0.4) is 0 Å². The van der Waals surface area contributed by atoms with Crippen molar-refractivity contribution in [1.29, 1.82) is 0 Å². The molecule has 0 radical (unpaired) electrons. The molecule has 0 aromatic heterocycles. The average molecular weight is 825 g/mol. The Bertz CT molecular complexity index is 1990. The number of benzene rings is 4. The molecular formula is C49H64O9Si. The van der Waals surface area contributed by atoms with Crippen LogP contribution < -0.4 is 0 Å². The molecule has 9 unspecified atom stereocenters. The van der Waals surface area contributed by atoms with Crippen molar-refractivity contribution < 1.29 is 42.4 Å². The number of esters is 2. The summed E-state index contributed by atoms with van der Waals surface area (Å²) in [5.74, 6) is -1.01. The first-order valence-electron chi connectivity index (χ1n) is 21.3. The van der Waals surface area contributed by atoms with Crippen LogP contribution in [-0.4, -0.2) is 70.0 Å². The zero-order chi connectivity index (χ0) is 42.5. The van der Waals surface area contributed by atoms with Gasteiger partial charge in [-0.3, -0.25) is 0 Å². The summed E-state index contributed by atoms with van der Waals surface area (Å²) in [5.41, 5.74) is 1.93. The van der Waals surface area contributed by atoms with Crippen molar-refractivity contribution in [2.45, 2.75) is 130 Å². The van der Waals surface area contributed by atoms with E-state index in [9.17, 15) is 9.59 Å². The fraction of sp³-hybridized carbons (Fsp3) is 0.510. The molecule has 10 atom stereocenters. The highest BCUT2D eigenvalue weighted by Crippen LogP contribution is 2.47. The number of hydrogen-bond donors (Lipinski definition) is 0. The van der Waals surface area contributed by atoms with Crippen LogP contribution in [0, 0.1) is 23.7 Å². The molecule has 0 aliphatic carbocycles. The monoisotopic (exact) mass is 824 g/mol. The molecule has 0 N–H and O–H groups in total. The van der Waals surface area contributed by atoms with Gasteiger partial charge >= 0.3 is 11.9 Å². The summed E-state index contributed by atoms with van der Waals surface area (Å²) in [6, 6.07) is 32.5. The lowest BCUT2D eigenvalue weighted by Gasteiger charge is -2.45. The maximum atomic E-state index is 13.9. The van der Waals surface area contributed by atoms with E-state index in [0.717, 1.165) is 22.8 Å². The Hall–Kier alpha value is -3.90. The van der Waals surface area contributed by atoms with Crippen LogP contribution in [-0.2, 0) is 39.5 Å². The number of rotatable bonds is 16. The average Bonchev–Trinajstić information content (AvgIpc) is 3.55. The van der Waals surface area contributed by atoms with Crippen molar-refractivity contribution in [3.05, 3.63) is 120 Å². The number of carbonyl (C=O) groups is 2. The van der Waals surface area contributed by atoms with Gasteiger partial charge in [0, 0.05) is 11.8 Å². The number of hydrogen-bond acceptors (Lipinski definition) is 9. The largest absolute Gasteiger partial charge is 0.459 e. The molecule has 0 spiro atoms. The first kappa shape index (κ1) is 44.6. The first-order chi connectivity index (χ1) is 28.1. The molecule has 0 amide bonds. The van der Waals surface area contributed by atoms with E-state index < -0.39 is 57.3 Å². The minimum atomic E-state index is -2.51. The highest BCUT2D eigenvalue weighted by Gasteiger charge is 2.56. The number of fused-ring (bicyclic) bond motifs is 1. The smallest absolute Gasteiger partial charge is 0.338 e.